The summed E-state index contributed by atoms with van der Waals surface area (Å²) in [6.07, 6.45) is 4.02. The summed E-state index contributed by atoms with van der Waals surface area (Å²) in [6, 6.07) is 21.7. The zero-order chi connectivity index (χ0) is 20.3. The zero-order valence-corrected chi connectivity index (χ0v) is 16.4. The van der Waals surface area contributed by atoms with Crippen LogP contribution in [0, 0.1) is 0 Å². The van der Waals surface area contributed by atoms with Crippen molar-refractivity contribution in [1.82, 2.24) is 15.2 Å². The largest absolute Gasteiger partial charge is 0.474 e. The van der Waals surface area contributed by atoms with Crippen LogP contribution >= 0.6 is 0 Å². The Hall–Kier alpha value is -3.67. The maximum absolute atomic E-state index is 12.6. The van der Waals surface area contributed by atoms with Crippen molar-refractivity contribution in [2.45, 2.75) is 31.3 Å². The van der Waals surface area contributed by atoms with Gasteiger partial charge in [-0.25, -0.2) is 4.98 Å². The fourth-order valence-electron chi connectivity index (χ4n) is 3.92. The molecule has 30 heavy (non-hydrogen) atoms. The average molecular weight is 398 g/mol. The molecule has 0 saturated heterocycles. The minimum absolute atomic E-state index is 0.0747. The van der Waals surface area contributed by atoms with Crippen LogP contribution in [-0.2, 0) is 11.2 Å². The van der Waals surface area contributed by atoms with Crippen LogP contribution in [0.4, 0.5) is 5.82 Å². The maximum Gasteiger partial charge on any atom is 0.230 e. The Morgan fingerprint density at radius 2 is 1.90 bits per heavy atom. The van der Waals surface area contributed by atoms with Crippen molar-refractivity contribution < 1.29 is 9.53 Å². The van der Waals surface area contributed by atoms with Crippen molar-refractivity contribution in [3.05, 3.63) is 84.2 Å². The van der Waals surface area contributed by atoms with Crippen LogP contribution in [-0.4, -0.2) is 27.2 Å². The van der Waals surface area contributed by atoms with Gasteiger partial charge in [0.05, 0.1) is 6.42 Å². The first kappa shape index (κ1) is 18.4. The normalized spacial score (nSPS) is 18.0. The number of benzene rings is 2. The van der Waals surface area contributed by atoms with E-state index in [-0.39, 0.29) is 12.0 Å². The number of amides is 1. The molecule has 5 rings (SSSR count). The Bertz CT molecular complexity index is 1160. The number of nitrogens with zero attached hydrogens (tertiary/aromatic N) is 2. The summed E-state index contributed by atoms with van der Waals surface area (Å²) in [6.45, 7) is 0. The first-order valence-electron chi connectivity index (χ1n) is 10.1. The SMILES string of the molecule is O=C(Cc1cccc2ccccc12)Nc1cc(C2CC(Oc3ccccn3)C2)[nH]n1. The van der Waals surface area contributed by atoms with Crippen molar-refractivity contribution in [3.63, 3.8) is 0 Å². The van der Waals surface area contributed by atoms with Crippen LogP contribution in [0.1, 0.15) is 30.0 Å². The van der Waals surface area contributed by atoms with Gasteiger partial charge in [-0.2, -0.15) is 5.10 Å². The lowest BCUT2D eigenvalue weighted by molar-refractivity contribution is -0.115. The number of nitrogens with one attached hydrogen (secondary N) is 2. The Morgan fingerprint density at radius 1 is 1.07 bits per heavy atom. The summed E-state index contributed by atoms with van der Waals surface area (Å²) in [5, 5.41) is 12.5. The van der Waals surface area contributed by atoms with Crippen molar-refractivity contribution in [2.24, 2.45) is 0 Å². The number of anilines is 1. The molecular formula is C24H22N4O2. The zero-order valence-electron chi connectivity index (χ0n) is 16.4. The third-order valence-corrected chi connectivity index (χ3v) is 5.56. The molecule has 150 valence electrons. The lowest BCUT2D eigenvalue weighted by atomic mass is 9.80. The van der Waals surface area contributed by atoms with Crippen molar-refractivity contribution in [1.29, 1.82) is 0 Å². The van der Waals surface area contributed by atoms with Crippen LogP contribution in [0.2, 0.25) is 0 Å². The fourth-order valence-corrected chi connectivity index (χ4v) is 3.92. The lowest BCUT2D eigenvalue weighted by Crippen LogP contribution is -2.32. The predicted octanol–water partition coefficient (Wildman–Crippen LogP) is 4.46. The summed E-state index contributed by atoms with van der Waals surface area (Å²) >= 11 is 0. The second-order valence-electron chi connectivity index (χ2n) is 7.65. The third-order valence-electron chi connectivity index (χ3n) is 5.56. The number of fused-ring (bicyclic) bond motifs is 1. The highest BCUT2D eigenvalue weighted by molar-refractivity contribution is 5.95. The van der Waals surface area contributed by atoms with Gasteiger partial charge in [0, 0.05) is 29.9 Å². The molecule has 0 radical (unpaired) electrons. The minimum Gasteiger partial charge on any atom is -0.474 e. The summed E-state index contributed by atoms with van der Waals surface area (Å²) in [7, 11) is 0. The van der Waals surface area contributed by atoms with Crippen LogP contribution < -0.4 is 10.1 Å². The molecule has 4 aromatic rings. The van der Waals surface area contributed by atoms with Gasteiger partial charge in [0.2, 0.25) is 11.8 Å². The second-order valence-corrected chi connectivity index (χ2v) is 7.65. The van der Waals surface area contributed by atoms with E-state index in [1.54, 1.807) is 6.20 Å². The standard InChI is InChI=1S/C24H22N4O2/c29-23(14-17-8-5-7-16-6-1-2-9-20(16)17)26-22-15-21(27-28-22)18-12-19(13-18)30-24-10-3-4-11-25-24/h1-11,15,18-19H,12-14H2,(H2,26,27,28,29). The molecule has 2 heterocycles. The van der Waals surface area contributed by atoms with Crippen molar-refractivity contribution in [2.75, 3.05) is 5.32 Å². The number of hydrogen-bond donors (Lipinski definition) is 2. The van der Waals surface area contributed by atoms with E-state index in [1.165, 1.54) is 0 Å². The van der Waals surface area contributed by atoms with Gasteiger partial charge >= 0.3 is 0 Å². The van der Waals surface area contributed by atoms with Gasteiger partial charge in [-0.3, -0.25) is 9.89 Å². The molecule has 0 spiro atoms. The van der Waals surface area contributed by atoms with Crippen LogP contribution in [0.5, 0.6) is 5.88 Å². The van der Waals surface area contributed by atoms with E-state index >= 15 is 0 Å². The van der Waals surface area contributed by atoms with E-state index in [4.69, 9.17) is 4.74 Å². The molecule has 0 bridgehead atoms. The molecular weight excluding hydrogens is 376 g/mol. The Labute approximate surface area is 174 Å². The molecule has 0 unspecified atom stereocenters. The van der Waals surface area contributed by atoms with Crippen LogP contribution in [0.15, 0.2) is 72.9 Å². The molecule has 6 nitrogen and oxygen atoms in total. The first-order valence-corrected chi connectivity index (χ1v) is 10.1. The molecule has 6 heteroatoms. The summed E-state index contributed by atoms with van der Waals surface area (Å²) in [4.78, 5) is 16.8. The molecule has 1 fully saturated rings. The summed E-state index contributed by atoms with van der Waals surface area (Å²) in [5.41, 5.74) is 2.03. The molecule has 1 aliphatic rings. The van der Waals surface area contributed by atoms with Crippen LogP contribution in [0.3, 0.4) is 0 Å². The fraction of sp³-hybridized carbons (Fsp3) is 0.208. The number of rotatable bonds is 6. The number of aromatic nitrogens is 3. The molecule has 2 aromatic carbocycles. The molecule has 0 aliphatic heterocycles. The van der Waals surface area contributed by atoms with Gasteiger partial charge in [0.1, 0.15) is 6.10 Å². The average Bonchev–Trinajstić information content (AvgIpc) is 3.19. The van der Waals surface area contributed by atoms with E-state index in [0.717, 1.165) is 34.9 Å². The van der Waals surface area contributed by atoms with E-state index in [2.05, 4.69) is 32.6 Å². The summed E-state index contributed by atoms with van der Waals surface area (Å²) in [5.74, 6) is 1.50. The smallest absolute Gasteiger partial charge is 0.230 e. The van der Waals surface area contributed by atoms with Crippen molar-refractivity contribution in [3.8, 4) is 5.88 Å². The topological polar surface area (TPSA) is 79.9 Å². The third kappa shape index (κ3) is 3.89. The number of ether oxygens (including phenoxy) is 1. The number of hydrogen-bond acceptors (Lipinski definition) is 4. The number of aromatic amines is 1. The maximum atomic E-state index is 12.6. The number of carbonyl (C=O) groups excluding carboxylic acids is 1. The van der Waals surface area contributed by atoms with E-state index in [9.17, 15) is 4.79 Å². The molecule has 1 aliphatic carbocycles. The van der Waals surface area contributed by atoms with E-state index < -0.39 is 0 Å². The predicted molar refractivity (Wildman–Crippen MR) is 115 cm³/mol. The number of H-pyrrole nitrogens is 1. The molecule has 2 N–H and O–H groups in total. The van der Waals surface area contributed by atoms with Gasteiger partial charge in [-0.1, -0.05) is 48.5 Å². The molecule has 0 atom stereocenters. The molecule has 2 aromatic heterocycles. The second kappa shape index (κ2) is 7.99. The van der Waals surface area contributed by atoms with Gasteiger partial charge in [-0.15, -0.1) is 0 Å². The van der Waals surface area contributed by atoms with E-state index in [1.807, 2.05) is 54.6 Å². The van der Waals surface area contributed by atoms with Crippen molar-refractivity contribution >= 4 is 22.5 Å². The molecule has 1 saturated carbocycles. The Kier molecular flexibility index (Phi) is 4.89. The van der Waals surface area contributed by atoms with Gasteiger partial charge < -0.3 is 10.1 Å². The minimum atomic E-state index is -0.0747. The Balaban J connectivity index is 1.17. The van der Waals surface area contributed by atoms with E-state index in [0.29, 0.717) is 24.0 Å². The number of carbonyl (C=O) groups is 1. The summed E-state index contributed by atoms with van der Waals surface area (Å²) < 4.78 is 5.86. The van der Waals surface area contributed by atoms with Crippen LogP contribution in [0.25, 0.3) is 10.8 Å². The highest BCUT2D eigenvalue weighted by Crippen LogP contribution is 2.38. The van der Waals surface area contributed by atoms with Gasteiger partial charge in [-0.05, 0) is 35.2 Å². The Morgan fingerprint density at radius 3 is 2.77 bits per heavy atom. The van der Waals surface area contributed by atoms with Gasteiger partial charge in [0.15, 0.2) is 5.82 Å². The quantitative estimate of drug-likeness (QED) is 0.502. The molecule has 1 amide bonds. The number of pyridine rings is 1. The lowest BCUT2D eigenvalue weighted by Gasteiger charge is -2.34. The highest BCUT2D eigenvalue weighted by Gasteiger charge is 2.33. The highest BCUT2D eigenvalue weighted by atomic mass is 16.5. The van der Waals surface area contributed by atoms with Gasteiger partial charge in [0.25, 0.3) is 0 Å². The monoisotopic (exact) mass is 398 g/mol. The first-order chi connectivity index (χ1) is 14.7.